The summed E-state index contributed by atoms with van der Waals surface area (Å²) in [4.78, 5) is 8.26. The maximum atomic E-state index is 5.90. The van der Waals surface area contributed by atoms with Crippen LogP contribution in [0.2, 0.25) is 10.3 Å². The number of hydrogen-bond donors (Lipinski definition) is 1. The van der Waals surface area contributed by atoms with Gasteiger partial charge in [0.15, 0.2) is 0 Å². The Morgan fingerprint density at radius 2 is 2.06 bits per heavy atom. The molecule has 0 saturated carbocycles. The first-order valence-corrected chi connectivity index (χ1v) is 5.85. The maximum Gasteiger partial charge on any atom is 0.132 e. The van der Waals surface area contributed by atoms with Crippen LogP contribution in [0.1, 0.15) is 11.4 Å². The standard InChI is InChI=1S/C11H12Cl2N4/c1-7-3-8(4-16-11(7)13)14-6-10-15-5-9(12)17(10)2/h3-5,14H,6H2,1-2H3. The van der Waals surface area contributed by atoms with Gasteiger partial charge in [-0.2, -0.15) is 0 Å². The third-order valence-electron chi connectivity index (χ3n) is 2.49. The van der Waals surface area contributed by atoms with Gasteiger partial charge in [-0.25, -0.2) is 9.97 Å². The first-order valence-electron chi connectivity index (χ1n) is 5.10. The second-order valence-electron chi connectivity index (χ2n) is 3.74. The molecule has 0 spiro atoms. The summed E-state index contributed by atoms with van der Waals surface area (Å²) >= 11 is 11.8. The Kier molecular flexibility index (Phi) is 3.54. The Labute approximate surface area is 110 Å². The van der Waals surface area contributed by atoms with Crippen LogP contribution in [0.25, 0.3) is 0 Å². The van der Waals surface area contributed by atoms with E-state index in [1.165, 1.54) is 0 Å². The van der Waals surface area contributed by atoms with E-state index in [2.05, 4.69) is 15.3 Å². The van der Waals surface area contributed by atoms with Crippen LogP contribution in [0.4, 0.5) is 5.69 Å². The summed E-state index contributed by atoms with van der Waals surface area (Å²) in [6.07, 6.45) is 3.32. The molecule has 0 saturated heterocycles. The summed E-state index contributed by atoms with van der Waals surface area (Å²) in [6.45, 7) is 2.50. The number of rotatable bonds is 3. The van der Waals surface area contributed by atoms with E-state index in [0.717, 1.165) is 17.1 Å². The summed E-state index contributed by atoms with van der Waals surface area (Å²) < 4.78 is 1.82. The number of aromatic nitrogens is 3. The Bertz CT molecular complexity index is 536. The van der Waals surface area contributed by atoms with Crippen LogP contribution in [-0.2, 0) is 13.6 Å². The molecule has 1 N–H and O–H groups in total. The van der Waals surface area contributed by atoms with Crippen LogP contribution < -0.4 is 5.32 Å². The summed E-state index contributed by atoms with van der Waals surface area (Å²) in [5, 5.41) is 4.36. The third-order valence-corrected chi connectivity index (χ3v) is 3.24. The number of pyridine rings is 1. The van der Waals surface area contributed by atoms with Crippen molar-refractivity contribution in [2.45, 2.75) is 13.5 Å². The zero-order valence-corrected chi connectivity index (χ0v) is 11.0. The molecule has 2 heterocycles. The largest absolute Gasteiger partial charge is 0.377 e. The molecule has 0 unspecified atom stereocenters. The van der Waals surface area contributed by atoms with Gasteiger partial charge in [0.05, 0.1) is 24.6 Å². The van der Waals surface area contributed by atoms with Crippen LogP contribution in [0, 0.1) is 6.92 Å². The van der Waals surface area contributed by atoms with Gasteiger partial charge in [0.25, 0.3) is 0 Å². The normalized spacial score (nSPS) is 10.6. The number of nitrogens with zero attached hydrogens (tertiary/aromatic N) is 3. The molecular formula is C11H12Cl2N4. The van der Waals surface area contributed by atoms with Gasteiger partial charge in [-0.3, -0.25) is 0 Å². The van der Waals surface area contributed by atoms with E-state index in [-0.39, 0.29) is 0 Å². The van der Waals surface area contributed by atoms with Crippen LogP contribution >= 0.6 is 23.2 Å². The molecule has 0 radical (unpaired) electrons. The second-order valence-corrected chi connectivity index (χ2v) is 4.49. The zero-order valence-electron chi connectivity index (χ0n) is 9.54. The van der Waals surface area contributed by atoms with Crippen LogP contribution in [-0.4, -0.2) is 14.5 Å². The minimum atomic E-state index is 0.524. The van der Waals surface area contributed by atoms with Crippen molar-refractivity contribution in [3.63, 3.8) is 0 Å². The molecule has 17 heavy (non-hydrogen) atoms. The van der Waals surface area contributed by atoms with E-state index in [1.54, 1.807) is 12.4 Å². The average Bonchev–Trinajstić information content (AvgIpc) is 2.62. The SMILES string of the molecule is Cc1cc(NCc2ncc(Cl)n2C)cnc1Cl. The molecule has 90 valence electrons. The van der Waals surface area contributed by atoms with Gasteiger partial charge in [-0.05, 0) is 18.6 Å². The molecule has 0 aromatic carbocycles. The lowest BCUT2D eigenvalue weighted by Crippen LogP contribution is -2.06. The van der Waals surface area contributed by atoms with Crippen molar-refractivity contribution >= 4 is 28.9 Å². The predicted molar refractivity (Wildman–Crippen MR) is 69.5 cm³/mol. The van der Waals surface area contributed by atoms with E-state index < -0.39 is 0 Å². The first-order chi connectivity index (χ1) is 8.08. The fourth-order valence-corrected chi connectivity index (χ4v) is 1.67. The topological polar surface area (TPSA) is 42.7 Å². The smallest absolute Gasteiger partial charge is 0.132 e. The summed E-state index contributed by atoms with van der Waals surface area (Å²) in [7, 11) is 1.87. The van der Waals surface area contributed by atoms with Gasteiger partial charge >= 0.3 is 0 Å². The minimum absolute atomic E-state index is 0.524. The number of aryl methyl sites for hydroxylation is 1. The minimum Gasteiger partial charge on any atom is -0.377 e. The van der Waals surface area contributed by atoms with E-state index in [4.69, 9.17) is 23.2 Å². The van der Waals surface area contributed by atoms with E-state index in [1.807, 2.05) is 24.6 Å². The number of imidazole rings is 1. The van der Waals surface area contributed by atoms with E-state index >= 15 is 0 Å². The van der Waals surface area contributed by atoms with Crippen molar-refractivity contribution in [2.24, 2.45) is 7.05 Å². The Balaban J connectivity index is 2.07. The quantitative estimate of drug-likeness (QED) is 0.872. The molecule has 0 aliphatic heterocycles. The lowest BCUT2D eigenvalue weighted by Gasteiger charge is -2.07. The molecule has 0 atom stereocenters. The van der Waals surface area contributed by atoms with Gasteiger partial charge < -0.3 is 9.88 Å². The molecule has 0 fully saturated rings. The number of halogens is 2. The number of nitrogens with one attached hydrogen (secondary N) is 1. The molecule has 2 rings (SSSR count). The molecule has 0 bridgehead atoms. The summed E-state index contributed by atoms with van der Waals surface area (Å²) in [6, 6.07) is 1.94. The lowest BCUT2D eigenvalue weighted by atomic mass is 10.3. The Hall–Kier alpha value is -1.26. The lowest BCUT2D eigenvalue weighted by molar-refractivity contribution is 0.813. The molecule has 6 heteroatoms. The van der Waals surface area contributed by atoms with Crippen LogP contribution in [0.3, 0.4) is 0 Å². The molecule has 2 aromatic heterocycles. The van der Waals surface area contributed by atoms with Crippen LogP contribution in [0.15, 0.2) is 18.5 Å². The fraction of sp³-hybridized carbons (Fsp3) is 0.273. The Morgan fingerprint density at radius 3 is 2.65 bits per heavy atom. The first kappa shape index (κ1) is 12.2. The van der Waals surface area contributed by atoms with E-state index in [9.17, 15) is 0 Å². The van der Waals surface area contributed by atoms with Crippen molar-refractivity contribution < 1.29 is 0 Å². The average molecular weight is 271 g/mol. The van der Waals surface area contributed by atoms with Crippen LogP contribution in [0.5, 0.6) is 0 Å². The van der Waals surface area contributed by atoms with Crippen molar-refractivity contribution in [1.82, 2.24) is 14.5 Å². The highest BCUT2D eigenvalue weighted by Gasteiger charge is 2.04. The summed E-state index contributed by atoms with van der Waals surface area (Å²) in [5.41, 5.74) is 1.85. The van der Waals surface area contributed by atoms with Crippen molar-refractivity contribution in [1.29, 1.82) is 0 Å². The zero-order chi connectivity index (χ0) is 12.4. The van der Waals surface area contributed by atoms with Gasteiger partial charge in [-0.15, -0.1) is 0 Å². The molecule has 2 aromatic rings. The third kappa shape index (κ3) is 2.70. The second kappa shape index (κ2) is 4.94. The maximum absolute atomic E-state index is 5.90. The monoisotopic (exact) mass is 270 g/mol. The molecule has 0 aliphatic carbocycles. The highest BCUT2D eigenvalue weighted by atomic mass is 35.5. The van der Waals surface area contributed by atoms with E-state index in [0.29, 0.717) is 16.9 Å². The molecular weight excluding hydrogens is 259 g/mol. The highest BCUT2D eigenvalue weighted by molar-refractivity contribution is 6.30. The van der Waals surface area contributed by atoms with Gasteiger partial charge in [-0.1, -0.05) is 23.2 Å². The van der Waals surface area contributed by atoms with Gasteiger partial charge in [0.1, 0.15) is 16.1 Å². The highest BCUT2D eigenvalue weighted by Crippen LogP contribution is 2.17. The van der Waals surface area contributed by atoms with Crippen molar-refractivity contribution in [3.8, 4) is 0 Å². The molecule has 0 amide bonds. The van der Waals surface area contributed by atoms with Crippen molar-refractivity contribution in [3.05, 3.63) is 40.2 Å². The summed E-state index contributed by atoms with van der Waals surface area (Å²) in [5.74, 6) is 0.864. The fourth-order valence-electron chi connectivity index (χ4n) is 1.42. The van der Waals surface area contributed by atoms with Crippen molar-refractivity contribution in [2.75, 3.05) is 5.32 Å². The number of anilines is 1. The molecule has 0 aliphatic rings. The van der Waals surface area contributed by atoms with Gasteiger partial charge in [0, 0.05) is 7.05 Å². The van der Waals surface area contributed by atoms with Gasteiger partial charge in [0.2, 0.25) is 0 Å². The molecule has 4 nitrogen and oxygen atoms in total. The Morgan fingerprint density at radius 1 is 1.29 bits per heavy atom. The predicted octanol–water partition coefficient (Wildman–Crippen LogP) is 3.04. The number of hydrogen-bond acceptors (Lipinski definition) is 3.